The van der Waals surface area contributed by atoms with Crippen LogP contribution in [0.4, 0.5) is 13.2 Å². The van der Waals surface area contributed by atoms with Gasteiger partial charge in [-0.3, -0.25) is 9.59 Å². The largest absolute Gasteiger partial charge is 0.450 e. The van der Waals surface area contributed by atoms with E-state index in [0.29, 0.717) is 0 Å². The van der Waals surface area contributed by atoms with Crippen molar-refractivity contribution in [1.82, 2.24) is 0 Å². The van der Waals surface area contributed by atoms with Crippen LogP contribution in [0.15, 0.2) is 0 Å². The molecule has 1 atom stereocenters. The lowest BCUT2D eigenvalue weighted by atomic mass is 10.1. The number of Topliss-reactive ketones (excluding diaryl/α,β-unsaturated/α-hetero) is 2. The molecule has 0 radical (unpaired) electrons. The van der Waals surface area contributed by atoms with Gasteiger partial charge in [0.1, 0.15) is 0 Å². The lowest BCUT2D eigenvalue weighted by Crippen LogP contribution is -2.28. The Morgan fingerprint density at radius 2 is 1.85 bits per heavy atom. The summed E-state index contributed by atoms with van der Waals surface area (Å²) in [5.41, 5.74) is 0. The fourth-order valence-electron chi connectivity index (χ4n) is 0.597. The molecule has 0 bridgehead atoms. The first kappa shape index (κ1) is 12.4. The third kappa shape index (κ3) is 4.26. The minimum atomic E-state index is -4.94. The third-order valence-corrected chi connectivity index (χ3v) is 1.91. The Kier molecular flexibility index (Phi) is 4.39. The highest BCUT2D eigenvalue weighted by atomic mass is 35.5. The van der Waals surface area contributed by atoms with Crippen LogP contribution in [0.2, 0.25) is 0 Å². The third-order valence-electron chi connectivity index (χ3n) is 1.36. The molecule has 2 nitrogen and oxygen atoms in total. The van der Waals surface area contributed by atoms with Gasteiger partial charge in [-0.2, -0.15) is 13.2 Å². The van der Waals surface area contributed by atoms with Gasteiger partial charge in [0.05, 0.1) is 11.8 Å². The van der Waals surface area contributed by atoms with Crippen molar-refractivity contribution in [3.8, 4) is 0 Å². The fraction of sp³-hybridized carbons (Fsp3) is 0.714. The Morgan fingerprint density at radius 1 is 1.38 bits per heavy atom. The number of ketones is 2. The molecular formula is C7H8ClF3O2. The van der Waals surface area contributed by atoms with Crippen LogP contribution in [0.5, 0.6) is 0 Å². The quantitative estimate of drug-likeness (QED) is 0.533. The summed E-state index contributed by atoms with van der Waals surface area (Å²) >= 11 is 5.34. The summed E-state index contributed by atoms with van der Waals surface area (Å²) in [6.45, 7) is 1.55. The molecule has 0 spiro atoms. The van der Waals surface area contributed by atoms with Gasteiger partial charge in [0.15, 0.2) is 5.78 Å². The SMILES string of the molecule is CCC(Cl)C(=O)CC(=O)C(F)(F)F. The van der Waals surface area contributed by atoms with Crippen molar-refractivity contribution in [3.05, 3.63) is 0 Å². The highest BCUT2D eigenvalue weighted by Crippen LogP contribution is 2.19. The Morgan fingerprint density at radius 3 is 2.15 bits per heavy atom. The van der Waals surface area contributed by atoms with Gasteiger partial charge in [-0.25, -0.2) is 0 Å². The summed E-state index contributed by atoms with van der Waals surface area (Å²) in [5.74, 6) is -2.93. The van der Waals surface area contributed by atoms with E-state index in [1.807, 2.05) is 0 Å². The zero-order chi connectivity index (χ0) is 10.6. The molecular weight excluding hydrogens is 209 g/mol. The van der Waals surface area contributed by atoms with Crippen molar-refractivity contribution in [2.45, 2.75) is 31.3 Å². The molecule has 0 heterocycles. The van der Waals surface area contributed by atoms with Crippen molar-refractivity contribution >= 4 is 23.2 Å². The molecule has 0 aromatic carbocycles. The Bertz CT molecular complexity index is 212. The summed E-state index contributed by atoms with van der Waals surface area (Å²) < 4.78 is 34.9. The number of hydrogen-bond donors (Lipinski definition) is 0. The van der Waals surface area contributed by atoms with Gasteiger partial charge in [0.25, 0.3) is 0 Å². The highest BCUT2D eigenvalue weighted by molar-refractivity contribution is 6.32. The molecule has 0 rings (SSSR count). The predicted molar refractivity (Wildman–Crippen MR) is 40.6 cm³/mol. The predicted octanol–water partition coefficient (Wildman–Crippen LogP) is 2.09. The maximum atomic E-state index is 11.6. The van der Waals surface area contributed by atoms with Crippen LogP contribution in [0.25, 0.3) is 0 Å². The molecule has 0 aliphatic heterocycles. The Hall–Kier alpha value is -0.580. The number of halogens is 4. The summed E-state index contributed by atoms with van der Waals surface area (Å²) in [5, 5.41) is -1.01. The van der Waals surface area contributed by atoms with E-state index in [-0.39, 0.29) is 6.42 Å². The number of hydrogen-bond acceptors (Lipinski definition) is 2. The highest BCUT2D eigenvalue weighted by Gasteiger charge is 2.39. The van der Waals surface area contributed by atoms with Crippen LogP contribution < -0.4 is 0 Å². The standard InChI is InChI=1S/C7H8ClF3O2/c1-2-4(8)5(12)3-6(13)7(9,10)11/h4H,2-3H2,1H3. The summed E-state index contributed by atoms with van der Waals surface area (Å²) in [6.07, 6.45) is -5.89. The van der Waals surface area contributed by atoms with Crippen LogP contribution >= 0.6 is 11.6 Å². The second kappa shape index (κ2) is 4.60. The second-order valence-electron chi connectivity index (χ2n) is 2.44. The van der Waals surface area contributed by atoms with E-state index < -0.39 is 29.5 Å². The van der Waals surface area contributed by atoms with E-state index in [9.17, 15) is 22.8 Å². The van der Waals surface area contributed by atoms with Gasteiger partial charge >= 0.3 is 6.18 Å². The van der Waals surface area contributed by atoms with Crippen molar-refractivity contribution in [3.63, 3.8) is 0 Å². The molecule has 0 N–H and O–H groups in total. The second-order valence-corrected chi connectivity index (χ2v) is 2.97. The van der Waals surface area contributed by atoms with Crippen LogP contribution in [-0.4, -0.2) is 23.1 Å². The molecule has 13 heavy (non-hydrogen) atoms. The lowest BCUT2D eigenvalue weighted by Gasteiger charge is -2.06. The maximum absolute atomic E-state index is 11.6. The number of carbonyl (C=O) groups excluding carboxylic acids is 2. The van der Waals surface area contributed by atoms with E-state index in [1.165, 1.54) is 0 Å². The monoisotopic (exact) mass is 216 g/mol. The minimum Gasteiger partial charge on any atom is -0.298 e. The normalized spacial score (nSPS) is 13.9. The fourth-order valence-corrected chi connectivity index (χ4v) is 0.674. The number of alkyl halides is 4. The van der Waals surface area contributed by atoms with Crippen molar-refractivity contribution in [2.24, 2.45) is 0 Å². The molecule has 0 saturated carbocycles. The molecule has 76 valence electrons. The average Bonchev–Trinajstić information content (AvgIpc) is 2.01. The van der Waals surface area contributed by atoms with E-state index >= 15 is 0 Å². The van der Waals surface area contributed by atoms with Crippen LogP contribution in [0, 0.1) is 0 Å². The molecule has 6 heteroatoms. The Labute approximate surface area is 78.1 Å². The zero-order valence-corrected chi connectivity index (χ0v) is 7.58. The zero-order valence-electron chi connectivity index (χ0n) is 6.82. The minimum absolute atomic E-state index is 0.214. The van der Waals surface area contributed by atoms with E-state index in [4.69, 9.17) is 11.6 Å². The van der Waals surface area contributed by atoms with Gasteiger partial charge in [0.2, 0.25) is 5.78 Å². The van der Waals surface area contributed by atoms with Gasteiger partial charge in [-0.05, 0) is 6.42 Å². The van der Waals surface area contributed by atoms with E-state index in [1.54, 1.807) is 6.92 Å². The number of carbonyl (C=O) groups is 2. The van der Waals surface area contributed by atoms with E-state index in [0.717, 1.165) is 0 Å². The van der Waals surface area contributed by atoms with Crippen molar-refractivity contribution in [2.75, 3.05) is 0 Å². The number of rotatable bonds is 4. The summed E-state index contributed by atoms with van der Waals surface area (Å²) in [7, 11) is 0. The summed E-state index contributed by atoms with van der Waals surface area (Å²) in [6, 6.07) is 0. The molecule has 0 amide bonds. The van der Waals surface area contributed by atoms with Gasteiger partial charge in [-0.1, -0.05) is 6.92 Å². The molecule has 0 fully saturated rings. The summed E-state index contributed by atoms with van der Waals surface area (Å²) in [4.78, 5) is 21.1. The first-order chi connectivity index (χ1) is 5.79. The first-order valence-electron chi connectivity index (χ1n) is 3.55. The lowest BCUT2D eigenvalue weighted by molar-refractivity contribution is -0.171. The topological polar surface area (TPSA) is 34.1 Å². The Balaban J connectivity index is 4.16. The smallest absolute Gasteiger partial charge is 0.298 e. The van der Waals surface area contributed by atoms with E-state index in [2.05, 4.69) is 0 Å². The molecule has 0 aromatic rings. The average molecular weight is 217 g/mol. The first-order valence-corrected chi connectivity index (χ1v) is 3.99. The molecule has 1 unspecified atom stereocenters. The van der Waals surface area contributed by atoms with Crippen LogP contribution in [0.3, 0.4) is 0 Å². The van der Waals surface area contributed by atoms with Gasteiger partial charge in [-0.15, -0.1) is 11.6 Å². The molecule has 0 aromatic heterocycles. The van der Waals surface area contributed by atoms with Crippen molar-refractivity contribution in [1.29, 1.82) is 0 Å². The maximum Gasteiger partial charge on any atom is 0.450 e. The van der Waals surface area contributed by atoms with Gasteiger partial charge < -0.3 is 0 Å². The van der Waals surface area contributed by atoms with Crippen LogP contribution in [-0.2, 0) is 9.59 Å². The molecule has 0 saturated heterocycles. The van der Waals surface area contributed by atoms with Crippen LogP contribution in [0.1, 0.15) is 19.8 Å². The van der Waals surface area contributed by atoms with Gasteiger partial charge in [0, 0.05) is 0 Å². The molecule has 0 aliphatic carbocycles. The van der Waals surface area contributed by atoms with Crippen molar-refractivity contribution < 1.29 is 22.8 Å². The molecule has 0 aliphatic rings.